The van der Waals surface area contributed by atoms with Crippen LogP contribution in [0.25, 0.3) is 16.5 Å². The molecule has 0 saturated carbocycles. The zero-order valence-corrected chi connectivity index (χ0v) is 29.3. The molecule has 0 bridgehead atoms. The highest BCUT2D eigenvalue weighted by Crippen LogP contribution is 2.46. The first-order valence-corrected chi connectivity index (χ1v) is 16.6. The monoisotopic (exact) mass is 735 g/mol. The largest absolute Gasteiger partial charge is 0.444 e. The van der Waals surface area contributed by atoms with E-state index in [4.69, 9.17) is 21.3 Å². The van der Waals surface area contributed by atoms with E-state index in [0.717, 1.165) is 16.6 Å². The molecule has 1 N–H and O–H groups in total. The summed E-state index contributed by atoms with van der Waals surface area (Å²) >= 11 is 6.45. The van der Waals surface area contributed by atoms with E-state index in [1.807, 2.05) is 26.8 Å². The normalized spacial score (nSPS) is 16.9. The summed E-state index contributed by atoms with van der Waals surface area (Å²) in [4.78, 5) is 42.1. The van der Waals surface area contributed by atoms with E-state index in [9.17, 15) is 22.4 Å². The van der Waals surface area contributed by atoms with Crippen LogP contribution in [-0.4, -0.2) is 42.6 Å². The summed E-state index contributed by atoms with van der Waals surface area (Å²) in [6, 6.07) is 19.0. The van der Waals surface area contributed by atoms with E-state index in [1.165, 1.54) is 29.3 Å². The predicted octanol–water partition coefficient (Wildman–Crippen LogP) is 8.86. The standard InChI is InChI=1S/C37H34ClF4N7O3/c1-21(23-10-13-27(38)28(17-23)49-32(31(41)42)44-20-45-49)48-33(50)37(19-36(2,3)4,25-11-12-26-24(16-25)14-15-43-29(26)30(39)40)47-34(48)46-35(51)52-18-22-8-6-5-7-9-22/h5-17,20-21,30-31H,18-19H2,1-4H3,(H,46,47,51)/t21-,37+/m0/s1. The van der Waals surface area contributed by atoms with Crippen molar-refractivity contribution in [2.24, 2.45) is 10.4 Å². The van der Waals surface area contributed by atoms with Gasteiger partial charge in [0.05, 0.1) is 16.8 Å². The van der Waals surface area contributed by atoms with Gasteiger partial charge in [-0.25, -0.2) is 37.0 Å². The Morgan fingerprint density at radius 3 is 2.42 bits per heavy atom. The SMILES string of the molecule is C[C@@H](c1ccc(Cl)c(-n2ncnc2C(F)F)c1)N1C(=O)[C@@](CC(C)(C)C)(c2ccc3c(C(F)F)nccc3c2)N=C1NC(=O)OCc1ccccc1. The first-order valence-electron chi connectivity index (χ1n) is 16.2. The smallest absolute Gasteiger partial charge is 0.414 e. The van der Waals surface area contributed by atoms with Gasteiger partial charge in [-0.1, -0.05) is 80.9 Å². The van der Waals surface area contributed by atoms with Crippen molar-refractivity contribution in [3.05, 3.63) is 119 Å². The van der Waals surface area contributed by atoms with E-state index in [0.29, 0.717) is 16.5 Å². The van der Waals surface area contributed by atoms with Crippen molar-refractivity contribution in [3.8, 4) is 5.69 Å². The third kappa shape index (κ3) is 7.20. The number of carbonyl (C=O) groups excluding carboxylic acids is 2. The Bertz CT molecular complexity index is 2160. The Morgan fingerprint density at radius 2 is 1.73 bits per heavy atom. The molecule has 0 saturated heterocycles. The molecule has 2 amide bonds. The molecule has 0 fully saturated rings. The number of ether oxygens (including phenoxy) is 1. The molecule has 5 aromatic rings. The second-order valence-corrected chi connectivity index (χ2v) is 14.0. The molecule has 15 heteroatoms. The number of nitrogens with zero attached hydrogens (tertiary/aromatic N) is 6. The summed E-state index contributed by atoms with van der Waals surface area (Å²) in [5.41, 5.74) is -0.889. The van der Waals surface area contributed by atoms with Crippen LogP contribution in [0.1, 0.15) is 81.2 Å². The molecule has 2 atom stereocenters. The number of hydrogen-bond donors (Lipinski definition) is 1. The quantitative estimate of drug-likeness (QED) is 0.151. The molecular weight excluding hydrogens is 702 g/mol. The molecule has 1 aliphatic heterocycles. The zero-order chi connectivity index (χ0) is 37.4. The fourth-order valence-electron chi connectivity index (χ4n) is 6.37. The molecule has 0 unspecified atom stereocenters. The van der Waals surface area contributed by atoms with Crippen LogP contribution in [0.4, 0.5) is 22.4 Å². The van der Waals surface area contributed by atoms with E-state index >= 15 is 4.79 Å². The molecule has 52 heavy (non-hydrogen) atoms. The Hall–Kier alpha value is -5.37. The molecule has 3 heterocycles. The summed E-state index contributed by atoms with van der Waals surface area (Å²) in [7, 11) is 0. The van der Waals surface area contributed by atoms with Crippen LogP contribution in [-0.2, 0) is 21.7 Å². The number of alkyl carbamates (subject to hydrolysis) is 1. The highest BCUT2D eigenvalue weighted by atomic mass is 35.5. The van der Waals surface area contributed by atoms with Gasteiger partial charge in [-0.3, -0.25) is 20.0 Å². The van der Waals surface area contributed by atoms with Crippen molar-refractivity contribution < 1.29 is 31.9 Å². The number of fused-ring (bicyclic) bond motifs is 1. The molecule has 270 valence electrons. The molecule has 6 rings (SSSR count). The van der Waals surface area contributed by atoms with Gasteiger partial charge < -0.3 is 4.74 Å². The average Bonchev–Trinajstić information content (AvgIpc) is 3.69. The summed E-state index contributed by atoms with van der Waals surface area (Å²) < 4.78 is 61.7. The number of alkyl halides is 4. The number of carbonyl (C=O) groups is 2. The predicted molar refractivity (Wildman–Crippen MR) is 186 cm³/mol. The number of guanidine groups is 1. The summed E-state index contributed by atoms with van der Waals surface area (Å²) in [5.74, 6) is -1.28. The van der Waals surface area contributed by atoms with Crippen molar-refractivity contribution >= 4 is 40.3 Å². The van der Waals surface area contributed by atoms with Crippen molar-refractivity contribution in [1.29, 1.82) is 0 Å². The van der Waals surface area contributed by atoms with Gasteiger partial charge in [-0.15, -0.1) is 0 Å². The number of aromatic nitrogens is 4. The number of benzene rings is 3. The van der Waals surface area contributed by atoms with Crippen molar-refractivity contribution in [1.82, 2.24) is 30.0 Å². The van der Waals surface area contributed by atoms with E-state index in [-0.39, 0.29) is 35.1 Å². The fourth-order valence-corrected chi connectivity index (χ4v) is 6.56. The van der Waals surface area contributed by atoms with Crippen LogP contribution in [0.15, 0.2) is 90.3 Å². The molecular formula is C37H34ClF4N7O3. The minimum Gasteiger partial charge on any atom is -0.444 e. The summed E-state index contributed by atoms with van der Waals surface area (Å²) in [5, 5.41) is 7.35. The van der Waals surface area contributed by atoms with Gasteiger partial charge in [0.2, 0.25) is 5.96 Å². The minimum absolute atomic E-state index is 0.0628. The van der Waals surface area contributed by atoms with Gasteiger partial charge in [0.25, 0.3) is 18.8 Å². The lowest BCUT2D eigenvalue weighted by molar-refractivity contribution is -0.134. The van der Waals surface area contributed by atoms with Gasteiger partial charge in [0, 0.05) is 11.6 Å². The van der Waals surface area contributed by atoms with Crippen molar-refractivity contribution in [2.45, 2.75) is 65.2 Å². The number of rotatable bonds is 9. The first-order chi connectivity index (χ1) is 24.7. The third-order valence-corrected chi connectivity index (χ3v) is 8.95. The van der Waals surface area contributed by atoms with Gasteiger partial charge in [0.1, 0.15) is 18.6 Å². The van der Waals surface area contributed by atoms with Crippen LogP contribution in [0.5, 0.6) is 0 Å². The number of nitrogens with one attached hydrogen (secondary N) is 1. The maximum absolute atomic E-state index is 15.1. The summed E-state index contributed by atoms with van der Waals surface area (Å²) in [6.45, 7) is 7.40. The maximum atomic E-state index is 15.1. The number of halogens is 5. The summed E-state index contributed by atoms with van der Waals surface area (Å²) in [6.07, 6.45) is -4.24. The number of hydrogen-bond acceptors (Lipinski definition) is 7. The molecule has 3 aromatic carbocycles. The second-order valence-electron chi connectivity index (χ2n) is 13.5. The Balaban J connectivity index is 1.46. The minimum atomic E-state index is -2.95. The third-order valence-electron chi connectivity index (χ3n) is 8.63. The Morgan fingerprint density at radius 1 is 0.981 bits per heavy atom. The van der Waals surface area contributed by atoms with Crippen LogP contribution in [0.2, 0.25) is 5.02 Å². The fraction of sp³-hybridized carbons (Fsp3) is 0.297. The Labute approximate surface area is 301 Å². The molecule has 0 radical (unpaired) electrons. The van der Waals surface area contributed by atoms with E-state index in [2.05, 4.69) is 20.4 Å². The van der Waals surface area contributed by atoms with Crippen LogP contribution in [0, 0.1) is 5.41 Å². The number of aliphatic imine (C=N–C) groups is 1. The lowest BCUT2D eigenvalue weighted by atomic mass is 9.75. The van der Waals surface area contributed by atoms with E-state index < -0.39 is 53.4 Å². The highest BCUT2D eigenvalue weighted by molar-refractivity contribution is 6.32. The molecule has 2 aromatic heterocycles. The van der Waals surface area contributed by atoms with Crippen molar-refractivity contribution in [3.63, 3.8) is 0 Å². The lowest BCUT2D eigenvalue weighted by Gasteiger charge is -2.34. The highest BCUT2D eigenvalue weighted by Gasteiger charge is 2.53. The van der Waals surface area contributed by atoms with Crippen LogP contribution in [0.3, 0.4) is 0 Å². The number of amides is 2. The van der Waals surface area contributed by atoms with Crippen molar-refractivity contribution in [2.75, 3.05) is 0 Å². The maximum Gasteiger partial charge on any atom is 0.414 e. The van der Waals surface area contributed by atoms with Gasteiger partial charge in [-0.2, -0.15) is 5.10 Å². The van der Waals surface area contributed by atoms with Gasteiger partial charge in [0.15, 0.2) is 11.4 Å². The lowest BCUT2D eigenvalue weighted by Crippen LogP contribution is -2.48. The first kappa shape index (κ1) is 36.4. The van der Waals surface area contributed by atoms with Gasteiger partial charge >= 0.3 is 6.09 Å². The van der Waals surface area contributed by atoms with Crippen LogP contribution >= 0.6 is 11.6 Å². The molecule has 0 aliphatic carbocycles. The average molecular weight is 736 g/mol. The van der Waals surface area contributed by atoms with Gasteiger partial charge in [-0.05, 0) is 65.1 Å². The topological polar surface area (TPSA) is 115 Å². The number of pyridine rings is 1. The Kier molecular flexibility index (Phi) is 10.0. The second kappa shape index (κ2) is 14.3. The molecule has 1 aliphatic rings. The van der Waals surface area contributed by atoms with E-state index in [1.54, 1.807) is 55.5 Å². The van der Waals surface area contributed by atoms with Crippen LogP contribution < -0.4 is 5.32 Å². The zero-order valence-electron chi connectivity index (χ0n) is 28.5. The molecule has 0 spiro atoms. The molecule has 10 nitrogen and oxygen atoms in total.